The van der Waals surface area contributed by atoms with Gasteiger partial charge in [0.15, 0.2) is 0 Å². The zero-order valence-electron chi connectivity index (χ0n) is 15.6. The number of halogens is 1. The van der Waals surface area contributed by atoms with Gasteiger partial charge in [-0.3, -0.25) is 4.79 Å². The number of nitrogens with two attached hydrogens (primary N) is 1. The second kappa shape index (κ2) is 7.70. The number of benzene rings is 2. The van der Waals surface area contributed by atoms with Crippen LogP contribution in [-0.4, -0.2) is 18.0 Å². The molecule has 26 heavy (non-hydrogen) atoms. The average molecular weight is 416 g/mol. The van der Waals surface area contributed by atoms with Gasteiger partial charge in [-0.2, -0.15) is 0 Å². The highest BCUT2D eigenvalue weighted by atomic mass is 79.9. The summed E-state index contributed by atoms with van der Waals surface area (Å²) in [4.78, 5) is 15.1. The average Bonchev–Trinajstić information content (AvgIpc) is 2.58. The molecule has 0 unspecified atom stereocenters. The lowest BCUT2D eigenvalue weighted by Gasteiger charge is -2.42. The van der Waals surface area contributed by atoms with E-state index in [2.05, 4.69) is 46.9 Å². The first-order valence-corrected chi connectivity index (χ1v) is 9.92. The van der Waals surface area contributed by atoms with Crippen molar-refractivity contribution in [2.75, 3.05) is 16.0 Å². The number of piperidine rings is 1. The SMILES string of the molecule is Cc1cc(N)c(NC(=O)c2ccccc2Br)cc1N1[C@H](C)CCC[C@@H]1C. The molecule has 1 saturated heterocycles. The summed E-state index contributed by atoms with van der Waals surface area (Å²) in [6.45, 7) is 6.62. The Hall–Kier alpha value is -2.01. The maximum Gasteiger partial charge on any atom is 0.256 e. The van der Waals surface area contributed by atoms with Crippen molar-refractivity contribution in [3.05, 3.63) is 52.0 Å². The van der Waals surface area contributed by atoms with E-state index in [1.165, 1.54) is 19.3 Å². The number of nitrogens with zero attached hydrogens (tertiary/aromatic N) is 1. The Labute approximate surface area is 163 Å². The van der Waals surface area contributed by atoms with Gasteiger partial charge in [0.25, 0.3) is 5.91 Å². The monoisotopic (exact) mass is 415 g/mol. The van der Waals surface area contributed by atoms with Gasteiger partial charge in [-0.15, -0.1) is 0 Å². The van der Waals surface area contributed by atoms with Crippen molar-refractivity contribution in [2.24, 2.45) is 0 Å². The first-order chi connectivity index (χ1) is 12.4. The molecule has 1 amide bonds. The molecular formula is C21H26BrN3O. The Bertz CT molecular complexity index is 811. The van der Waals surface area contributed by atoms with Crippen LogP contribution >= 0.6 is 15.9 Å². The van der Waals surface area contributed by atoms with Crippen molar-refractivity contribution in [3.63, 3.8) is 0 Å². The van der Waals surface area contributed by atoms with Crippen LogP contribution < -0.4 is 16.0 Å². The van der Waals surface area contributed by atoms with Gasteiger partial charge in [0, 0.05) is 22.2 Å². The van der Waals surface area contributed by atoms with E-state index in [1.807, 2.05) is 30.3 Å². The lowest BCUT2D eigenvalue weighted by molar-refractivity contribution is 0.102. The van der Waals surface area contributed by atoms with Crippen LogP contribution in [0.3, 0.4) is 0 Å². The molecule has 2 atom stereocenters. The van der Waals surface area contributed by atoms with Gasteiger partial charge in [0.05, 0.1) is 16.9 Å². The van der Waals surface area contributed by atoms with Gasteiger partial charge in [-0.1, -0.05) is 12.1 Å². The van der Waals surface area contributed by atoms with Crippen molar-refractivity contribution in [3.8, 4) is 0 Å². The van der Waals surface area contributed by atoms with E-state index in [-0.39, 0.29) is 5.91 Å². The van der Waals surface area contributed by atoms with E-state index in [0.29, 0.717) is 29.0 Å². The minimum atomic E-state index is -0.168. The summed E-state index contributed by atoms with van der Waals surface area (Å²) in [6.07, 6.45) is 3.64. The van der Waals surface area contributed by atoms with Gasteiger partial charge in [0.2, 0.25) is 0 Å². The van der Waals surface area contributed by atoms with Crippen molar-refractivity contribution in [2.45, 2.75) is 52.1 Å². The van der Waals surface area contributed by atoms with Gasteiger partial charge in [-0.05, 0) is 85.8 Å². The Balaban J connectivity index is 1.93. The predicted molar refractivity (Wildman–Crippen MR) is 113 cm³/mol. The van der Waals surface area contributed by atoms with E-state index in [4.69, 9.17) is 5.73 Å². The maximum absolute atomic E-state index is 12.7. The third kappa shape index (κ3) is 3.73. The second-order valence-corrected chi connectivity index (χ2v) is 8.05. The van der Waals surface area contributed by atoms with Crippen LogP contribution in [0.15, 0.2) is 40.9 Å². The highest BCUT2D eigenvalue weighted by Gasteiger charge is 2.26. The molecule has 1 aliphatic heterocycles. The summed E-state index contributed by atoms with van der Waals surface area (Å²) in [5.41, 5.74) is 10.3. The molecule has 0 saturated carbocycles. The summed E-state index contributed by atoms with van der Waals surface area (Å²) in [5, 5.41) is 2.98. The summed E-state index contributed by atoms with van der Waals surface area (Å²) in [7, 11) is 0. The third-order valence-electron chi connectivity index (χ3n) is 5.21. The number of rotatable bonds is 3. The molecule has 0 radical (unpaired) electrons. The fourth-order valence-corrected chi connectivity index (χ4v) is 4.30. The van der Waals surface area contributed by atoms with Gasteiger partial charge >= 0.3 is 0 Å². The Morgan fingerprint density at radius 3 is 2.50 bits per heavy atom. The number of aryl methyl sites for hydroxylation is 1. The summed E-state index contributed by atoms with van der Waals surface area (Å²) >= 11 is 3.43. The molecule has 1 aliphatic rings. The highest BCUT2D eigenvalue weighted by molar-refractivity contribution is 9.10. The van der Waals surface area contributed by atoms with Gasteiger partial charge in [-0.25, -0.2) is 0 Å². The lowest BCUT2D eigenvalue weighted by Crippen LogP contribution is -2.44. The number of nitrogen functional groups attached to an aromatic ring is 1. The van der Waals surface area contributed by atoms with Crippen LogP contribution in [0.4, 0.5) is 17.1 Å². The predicted octanol–water partition coefficient (Wildman–Crippen LogP) is 5.36. The summed E-state index contributed by atoms with van der Waals surface area (Å²) < 4.78 is 0.765. The molecule has 1 fully saturated rings. The Kier molecular flexibility index (Phi) is 5.56. The molecular weight excluding hydrogens is 390 g/mol. The Morgan fingerprint density at radius 1 is 1.19 bits per heavy atom. The molecule has 2 aromatic rings. The summed E-state index contributed by atoms with van der Waals surface area (Å²) in [5.74, 6) is -0.168. The number of amides is 1. The number of hydrogen-bond donors (Lipinski definition) is 2. The van der Waals surface area contributed by atoms with Crippen LogP contribution in [0.2, 0.25) is 0 Å². The number of anilines is 3. The molecule has 2 aromatic carbocycles. The van der Waals surface area contributed by atoms with E-state index >= 15 is 0 Å². The molecule has 0 spiro atoms. The van der Waals surface area contributed by atoms with Gasteiger partial charge in [0.1, 0.15) is 0 Å². The molecule has 4 nitrogen and oxygen atoms in total. The fraction of sp³-hybridized carbons (Fsp3) is 0.381. The first-order valence-electron chi connectivity index (χ1n) is 9.13. The maximum atomic E-state index is 12.7. The molecule has 0 aromatic heterocycles. The van der Waals surface area contributed by atoms with Crippen LogP contribution in [0.25, 0.3) is 0 Å². The minimum absolute atomic E-state index is 0.168. The van der Waals surface area contributed by atoms with Crippen LogP contribution in [0.1, 0.15) is 49.0 Å². The number of carbonyl (C=O) groups excluding carboxylic acids is 1. The van der Waals surface area contributed by atoms with Crippen LogP contribution in [0.5, 0.6) is 0 Å². The smallest absolute Gasteiger partial charge is 0.256 e. The molecule has 3 rings (SSSR count). The molecule has 138 valence electrons. The molecule has 5 heteroatoms. The number of carbonyl (C=O) groups is 1. The first kappa shape index (κ1) is 18.8. The van der Waals surface area contributed by atoms with E-state index < -0.39 is 0 Å². The third-order valence-corrected chi connectivity index (χ3v) is 5.90. The lowest BCUT2D eigenvalue weighted by atomic mass is 9.95. The summed E-state index contributed by atoms with van der Waals surface area (Å²) in [6, 6.07) is 12.3. The standard InChI is InChI=1S/C21H26BrN3O/c1-13-11-18(23)19(24-21(26)16-9-4-5-10-17(16)22)12-20(13)25-14(2)7-6-8-15(25)3/h4-5,9-12,14-15H,6-8,23H2,1-3H3,(H,24,26)/t14-,15+. The number of hydrogen-bond acceptors (Lipinski definition) is 3. The van der Waals surface area contributed by atoms with Crippen LogP contribution in [-0.2, 0) is 0 Å². The molecule has 0 aliphatic carbocycles. The van der Waals surface area contributed by atoms with Crippen molar-refractivity contribution in [1.29, 1.82) is 0 Å². The Morgan fingerprint density at radius 2 is 1.85 bits per heavy atom. The van der Waals surface area contributed by atoms with Crippen molar-refractivity contribution in [1.82, 2.24) is 0 Å². The van der Waals surface area contributed by atoms with E-state index in [9.17, 15) is 4.79 Å². The van der Waals surface area contributed by atoms with E-state index in [1.54, 1.807) is 6.07 Å². The zero-order chi connectivity index (χ0) is 18.8. The zero-order valence-corrected chi connectivity index (χ0v) is 17.1. The minimum Gasteiger partial charge on any atom is -0.397 e. The highest BCUT2D eigenvalue weighted by Crippen LogP contribution is 2.36. The second-order valence-electron chi connectivity index (χ2n) is 7.20. The number of nitrogens with one attached hydrogen (secondary N) is 1. The largest absolute Gasteiger partial charge is 0.397 e. The quantitative estimate of drug-likeness (QED) is 0.663. The van der Waals surface area contributed by atoms with E-state index in [0.717, 1.165) is 15.7 Å². The molecule has 3 N–H and O–H groups in total. The molecule has 0 bridgehead atoms. The fourth-order valence-electron chi connectivity index (χ4n) is 3.84. The topological polar surface area (TPSA) is 58.4 Å². The van der Waals surface area contributed by atoms with Crippen molar-refractivity contribution >= 4 is 38.9 Å². The van der Waals surface area contributed by atoms with Crippen molar-refractivity contribution < 1.29 is 4.79 Å². The van der Waals surface area contributed by atoms with Crippen LogP contribution in [0, 0.1) is 6.92 Å². The molecule has 1 heterocycles. The normalized spacial score (nSPS) is 20.1. The van der Waals surface area contributed by atoms with Gasteiger partial charge < -0.3 is 16.0 Å².